The number of rotatable bonds is 4. The van der Waals surface area contributed by atoms with Gasteiger partial charge in [0.2, 0.25) is 5.95 Å². The minimum atomic E-state index is -0.122. The fraction of sp³-hybridized carbons (Fsp3) is 0.261. The maximum Gasteiger partial charge on any atom is 0.255 e. The van der Waals surface area contributed by atoms with Gasteiger partial charge in [-0.15, -0.1) is 0 Å². The van der Waals surface area contributed by atoms with Crippen LogP contribution in [0.5, 0.6) is 0 Å². The van der Waals surface area contributed by atoms with E-state index in [1.54, 1.807) is 0 Å². The van der Waals surface area contributed by atoms with Crippen LogP contribution in [0.15, 0.2) is 54.9 Å². The van der Waals surface area contributed by atoms with Crippen LogP contribution >= 0.6 is 0 Å². The summed E-state index contributed by atoms with van der Waals surface area (Å²) in [5.74, 6) is 0.661. The third-order valence-corrected chi connectivity index (χ3v) is 5.12. The summed E-state index contributed by atoms with van der Waals surface area (Å²) in [5.41, 5.74) is 5.51. The molecule has 1 aliphatic rings. The molecule has 0 bridgehead atoms. The van der Waals surface area contributed by atoms with Gasteiger partial charge in [0, 0.05) is 42.3 Å². The zero-order chi connectivity index (χ0) is 19.5. The number of amides is 1. The van der Waals surface area contributed by atoms with Crippen molar-refractivity contribution in [2.24, 2.45) is 0 Å². The van der Waals surface area contributed by atoms with E-state index in [4.69, 9.17) is 0 Å². The van der Waals surface area contributed by atoms with E-state index in [9.17, 15) is 4.79 Å². The van der Waals surface area contributed by atoms with Gasteiger partial charge in [0.1, 0.15) is 0 Å². The maximum absolute atomic E-state index is 12.7. The Bertz CT molecular complexity index is 992. The van der Waals surface area contributed by atoms with Crippen LogP contribution in [0.2, 0.25) is 0 Å². The molecule has 0 atom stereocenters. The number of hydrogen-bond acceptors (Lipinski definition) is 4. The van der Waals surface area contributed by atoms with Crippen molar-refractivity contribution in [3.63, 3.8) is 0 Å². The van der Waals surface area contributed by atoms with E-state index in [2.05, 4.69) is 26.3 Å². The molecule has 1 N–H and O–H groups in total. The minimum Gasteiger partial charge on any atom is -0.341 e. The molecule has 5 heteroatoms. The van der Waals surface area contributed by atoms with Crippen molar-refractivity contribution < 1.29 is 4.79 Å². The molecule has 3 aromatic rings. The Labute approximate surface area is 165 Å². The van der Waals surface area contributed by atoms with Crippen LogP contribution in [0.25, 0.3) is 11.1 Å². The number of nitrogens with one attached hydrogen (secondary N) is 1. The topological polar surface area (TPSA) is 58.1 Å². The molecule has 1 aromatic heterocycles. The van der Waals surface area contributed by atoms with Crippen LogP contribution in [0.1, 0.15) is 34.3 Å². The fourth-order valence-corrected chi connectivity index (χ4v) is 3.54. The highest BCUT2D eigenvalue weighted by atomic mass is 16.1. The SMILES string of the molecule is Cc1ccc(NC(=O)c2cccc(-c3cnc(N4CCCC4)nc3)c2)c(C)c1. The van der Waals surface area contributed by atoms with Gasteiger partial charge >= 0.3 is 0 Å². The van der Waals surface area contributed by atoms with Crippen LogP contribution in [0, 0.1) is 13.8 Å². The van der Waals surface area contributed by atoms with Gasteiger partial charge in [0.25, 0.3) is 5.91 Å². The Hall–Kier alpha value is -3.21. The van der Waals surface area contributed by atoms with Gasteiger partial charge in [-0.05, 0) is 56.0 Å². The number of aromatic nitrogens is 2. The van der Waals surface area contributed by atoms with Crippen molar-refractivity contribution in [2.75, 3.05) is 23.3 Å². The smallest absolute Gasteiger partial charge is 0.255 e. The van der Waals surface area contributed by atoms with Crippen LogP contribution in [0.3, 0.4) is 0 Å². The first kappa shape index (κ1) is 18.2. The van der Waals surface area contributed by atoms with Gasteiger partial charge in [-0.2, -0.15) is 0 Å². The van der Waals surface area contributed by atoms with Crippen molar-refractivity contribution in [3.05, 3.63) is 71.5 Å². The second-order valence-electron chi connectivity index (χ2n) is 7.32. The predicted molar refractivity (Wildman–Crippen MR) is 113 cm³/mol. The van der Waals surface area contributed by atoms with Gasteiger partial charge in [-0.1, -0.05) is 29.8 Å². The molecule has 1 aliphatic heterocycles. The van der Waals surface area contributed by atoms with Gasteiger partial charge < -0.3 is 10.2 Å². The minimum absolute atomic E-state index is 0.122. The van der Waals surface area contributed by atoms with E-state index in [0.29, 0.717) is 5.56 Å². The number of aryl methyl sites for hydroxylation is 2. The summed E-state index contributed by atoms with van der Waals surface area (Å²) < 4.78 is 0. The van der Waals surface area contributed by atoms with Gasteiger partial charge in [0.15, 0.2) is 0 Å². The van der Waals surface area contributed by atoms with E-state index in [1.807, 2.05) is 62.6 Å². The van der Waals surface area contributed by atoms with Gasteiger partial charge in [-0.3, -0.25) is 4.79 Å². The highest BCUT2D eigenvalue weighted by Crippen LogP contribution is 2.23. The first-order valence-corrected chi connectivity index (χ1v) is 9.66. The highest BCUT2D eigenvalue weighted by Gasteiger charge is 2.15. The van der Waals surface area contributed by atoms with Crippen LogP contribution in [0.4, 0.5) is 11.6 Å². The molecule has 0 saturated carbocycles. The molecule has 2 aromatic carbocycles. The highest BCUT2D eigenvalue weighted by molar-refractivity contribution is 6.05. The van der Waals surface area contributed by atoms with E-state index >= 15 is 0 Å². The van der Waals surface area contributed by atoms with Crippen LogP contribution in [-0.2, 0) is 0 Å². The van der Waals surface area contributed by atoms with Crippen LogP contribution < -0.4 is 10.2 Å². The number of nitrogens with zero attached hydrogens (tertiary/aromatic N) is 3. The number of anilines is 2. The van der Waals surface area contributed by atoms with E-state index in [0.717, 1.165) is 41.4 Å². The molecule has 0 unspecified atom stereocenters. The summed E-state index contributed by atoms with van der Waals surface area (Å²) >= 11 is 0. The first-order valence-electron chi connectivity index (χ1n) is 9.66. The van der Waals surface area contributed by atoms with Crippen LogP contribution in [-0.4, -0.2) is 29.0 Å². The third-order valence-electron chi connectivity index (χ3n) is 5.12. The van der Waals surface area contributed by atoms with Crippen molar-refractivity contribution >= 4 is 17.5 Å². The second kappa shape index (κ2) is 7.80. The summed E-state index contributed by atoms with van der Waals surface area (Å²) in [4.78, 5) is 23.9. The van der Waals surface area contributed by atoms with Crippen molar-refractivity contribution in [1.29, 1.82) is 0 Å². The molecule has 4 rings (SSSR count). The largest absolute Gasteiger partial charge is 0.341 e. The summed E-state index contributed by atoms with van der Waals surface area (Å²) in [7, 11) is 0. The van der Waals surface area contributed by atoms with E-state index in [-0.39, 0.29) is 5.91 Å². The molecular formula is C23H24N4O. The van der Waals surface area contributed by atoms with E-state index < -0.39 is 0 Å². The zero-order valence-electron chi connectivity index (χ0n) is 16.3. The molecule has 28 heavy (non-hydrogen) atoms. The number of carbonyl (C=O) groups excluding carboxylic acids is 1. The summed E-state index contributed by atoms with van der Waals surface area (Å²) in [6, 6.07) is 13.6. The average molecular weight is 372 g/mol. The van der Waals surface area contributed by atoms with Crippen molar-refractivity contribution in [2.45, 2.75) is 26.7 Å². The Morgan fingerprint density at radius 2 is 1.71 bits per heavy atom. The van der Waals surface area contributed by atoms with Gasteiger partial charge in [0.05, 0.1) is 0 Å². The van der Waals surface area contributed by atoms with Crippen molar-refractivity contribution in [3.8, 4) is 11.1 Å². The number of carbonyl (C=O) groups is 1. The molecule has 142 valence electrons. The lowest BCUT2D eigenvalue weighted by Gasteiger charge is -2.14. The Morgan fingerprint density at radius 1 is 0.964 bits per heavy atom. The summed E-state index contributed by atoms with van der Waals surface area (Å²) in [6.45, 7) is 6.08. The second-order valence-corrected chi connectivity index (χ2v) is 7.32. The summed E-state index contributed by atoms with van der Waals surface area (Å²) in [5, 5.41) is 3.00. The number of hydrogen-bond donors (Lipinski definition) is 1. The molecule has 0 spiro atoms. The zero-order valence-corrected chi connectivity index (χ0v) is 16.3. The molecule has 1 amide bonds. The molecule has 1 saturated heterocycles. The molecule has 0 radical (unpaired) electrons. The normalized spacial score (nSPS) is 13.6. The average Bonchev–Trinajstić information content (AvgIpc) is 3.25. The molecule has 5 nitrogen and oxygen atoms in total. The van der Waals surface area contributed by atoms with Crippen molar-refractivity contribution in [1.82, 2.24) is 9.97 Å². The standard InChI is InChI=1S/C23H24N4O/c1-16-8-9-21(17(2)12-16)26-22(28)19-7-5-6-18(13-19)20-14-24-23(25-15-20)27-10-3-4-11-27/h5-9,12-15H,3-4,10-11H2,1-2H3,(H,26,28). The molecule has 1 fully saturated rings. The third kappa shape index (κ3) is 3.88. The lowest BCUT2D eigenvalue weighted by molar-refractivity contribution is 0.102. The summed E-state index contributed by atoms with van der Waals surface area (Å²) in [6.07, 6.45) is 6.06. The number of benzene rings is 2. The van der Waals surface area contributed by atoms with E-state index in [1.165, 1.54) is 18.4 Å². The Morgan fingerprint density at radius 3 is 2.43 bits per heavy atom. The Kier molecular flexibility index (Phi) is 5.06. The maximum atomic E-state index is 12.7. The lowest BCUT2D eigenvalue weighted by Crippen LogP contribution is -2.20. The molecule has 2 heterocycles. The monoisotopic (exact) mass is 372 g/mol. The fourth-order valence-electron chi connectivity index (χ4n) is 3.54. The first-order chi connectivity index (χ1) is 13.6. The predicted octanol–water partition coefficient (Wildman–Crippen LogP) is 4.61. The van der Waals surface area contributed by atoms with Gasteiger partial charge in [-0.25, -0.2) is 9.97 Å². The quantitative estimate of drug-likeness (QED) is 0.726. The molecule has 0 aliphatic carbocycles. The molecular weight excluding hydrogens is 348 g/mol. The Balaban J connectivity index is 1.53. The lowest BCUT2D eigenvalue weighted by atomic mass is 10.0.